The maximum absolute atomic E-state index is 12.1. The highest BCUT2D eigenvalue weighted by Crippen LogP contribution is 2.21. The van der Waals surface area contributed by atoms with Crippen LogP contribution in [-0.4, -0.2) is 54.9 Å². The van der Waals surface area contributed by atoms with Gasteiger partial charge in [-0.1, -0.05) is 27.2 Å². The van der Waals surface area contributed by atoms with Crippen molar-refractivity contribution in [1.29, 1.82) is 0 Å². The quantitative estimate of drug-likeness (QED) is 0.674. The molecule has 0 aromatic heterocycles. The highest BCUT2D eigenvalue weighted by Gasteiger charge is 2.33. The first-order chi connectivity index (χ1) is 10.7. The van der Waals surface area contributed by atoms with Gasteiger partial charge in [-0.2, -0.15) is 0 Å². The predicted molar refractivity (Wildman–Crippen MR) is 95.8 cm³/mol. The Morgan fingerprint density at radius 1 is 1.35 bits per heavy atom. The van der Waals surface area contributed by atoms with Crippen molar-refractivity contribution in [3.8, 4) is 0 Å². The number of hydrogen-bond donors (Lipinski definition) is 2. The van der Waals surface area contributed by atoms with Crippen molar-refractivity contribution < 1.29 is 9.53 Å². The number of rotatable bonds is 8. The van der Waals surface area contributed by atoms with Gasteiger partial charge in [-0.25, -0.2) is 4.79 Å². The van der Waals surface area contributed by atoms with Crippen LogP contribution in [0.3, 0.4) is 0 Å². The summed E-state index contributed by atoms with van der Waals surface area (Å²) in [6.45, 7) is 16.2. The first kappa shape index (κ1) is 20.2. The largest absolute Gasteiger partial charge is 0.380 e. The van der Waals surface area contributed by atoms with Crippen LogP contribution < -0.4 is 10.6 Å². The maximum Gasteiger partial charge on any atom is 0.315 e. The molecule has 23 heavy (non-hydrogen) atoms. The van der Waals surface area contributed by atoms with Gasteiger partial charge >= 0.3 is 6.03 Å². The molecule has 0 aromatic carbocycles. The van der Waals surface area contributed by atoms with E-state index in [0.29, 0.717) is 12.0 Å². The van der Waals surface area contributed by atoms with Gasteiger partial charge in [0.1, 0.15) is 0 Å². The van der Waals surface area contributed by atoms with Gasteiger partial charge in [-0.3, -0.25) is 4.90 Å². The Hall–Kier alpha value is -0.810. The zero-order valence-corrected chi connectivity index (χ0v) is 15.9. The van der Waals surface area contributed by atoms with Crippen LogP contribution in [0.25, 0.3) is 0 Å². The average Bonchev–Trinajstić information content (AvgIpc) is 2.78. The molecule has 0 unspecified atom stereocenters. The van der Waals surface area contributed by atoms with Gasteiger partial charge in [0.2, 0.25) is 0 Å². The van der Waals surface area contributed by atoms with Gasteiger partial charge in [0.15, 0.2) is 0 Å². The van der Waals surface area contributed by atoms with Crippen molar-refractivity contribution >= 4 is 6.03 Å². The number of carbonyl (C=O) groups is 1. The molecule has 5 nitrogen and oxygen atoms in total. The smallest absolute Gasteiger partial charge is 0.315 e. The van der Waals surface area contributed by atoms with Crippen LogP contribution in [0.1, 0.15) is 60.8 Å². The van der Waals surface area contributed by atoms with E-state index in [4.69, 9.17) is 4.74 Å². The van der Waals surface area contributed by atoms with Crippen LogP contribution in [0.15, 0.2) is 0 Å². The van der Waals surface area contributed by atoms with Gasteiger partial charge in [0, 0.05) is 37.3 Å². The van der Waals surface area contributed by atoms with Crippen molar-refractivity contribution in [3.05, 3.63) is 0 Å². The summed E-state index contributed by atoms with van der Waals surface area (Å²) in [6, 6.07) is 0.549. The average molecular weight is 328 g/mol. The van der Waals surface area contributed by atoms with E-state index >= 15 is 0 Å². The molecular weight excluding hydrogens is 290 g/mol. The molecule has 5 heteroatoms. The Balaban J connectivity index is 2.54. The van der Waals surface area contributed by atoms with Crippen molar-refractivity contribution in [2.75, 3.05) is 26.3 Å². The van der Waals surface area contributed by atoms with E-state index in [-0.39, 0.29) is 17.6 Å². The minimum atomic E-state index is -0.206. The first-order valence-electron chi connectivity index (χ1n) is 9.15. The maximum atomic E-state index is 12.1. The van der Waals surface area contributed by atoms with Gasteiger partial charge < -0.3 is 15.4 Å². The van der Waals surface area contributed by atoms with Crippen molar-refractivity contribution in [2.24, 2.45) is 5.92 Å². The van der Waals surface area contributed by atoms with Crippen molar-refractivity contribution in [1.82, 2.24) is 15.5 Å². The molecular formula is C18H37N3O2. The van der Waals surface area contributed by atoms with Gasteiger partial charge in [-0.05, 0) is 39.5 Å². The Labute approximate surface area is 142 Å². The fourth-order valence-electron chi connectivity index (χ4n) is 2.94. The van der Waals surface area contributed by atoms with E-state index in [2.05, 4.69) is 36.3 Å². The second-order valence-electron chi connectivity index (χ2n) is 7.98. The molecule has 2 N–H and O–H groups in total. The molecule has 0 radical (unpaired) electrons. The third-order valence-electron chi connectivity index (χ3n) is 4.25. The molecule has 1 heterocycles. The van der Waals surface area contributed by atoms with Gasteiger partial charge in [0.25, 0.3) is 0 Å². The molecule has 136 valence electrons. The monoisotopic (exact) mass is 327 g/mol. The van der Waals surface area contributed by atoms with E-state index in [1.807, 2.05) is 20.8 Å². The predicted octanol–water partition coefficient (Wildman–Crippen LogP) is 3.00. The fraction of sp³-hybridized carbons (Fsp3) is 0.944. The summed E-state index contributed by atoms with van der Waals surface area (Å²) < 4.78 is 5.78. The number of hydrogen-bond acceptors (Lipinski definition) is 3. The van der Waals surface area contributed by atoms with Crippen LogP contribution in [0.2, 0.25) is 0 Å². The number of likely N-dealkylation sites (tertiary alicyclic amines) is 1. The molecule has 0 aliphatic carbocycles. The normalized spacial score (nSPS) is 23.7. The highest BCUT2D eigenvalue weighted by atomic mass is 16.5. The van der Waals surface area contributed by atoms with Crippen molar-refractivity contribution in [2.45, 2.75) is 78.4 Å². The number of nitrogens with one attached hydrogen (secondary N) is 2. The lowest BCUT2D eigenvalue weighted by Gasteiger charge is -2.26. The third-order valence-corrected chi connectivity index (χ3v) is 4.25. The minimum absolute atomic E-state index is 0.0684. The van der Waals surface area contributed by atoms with Gasteiger partial charge in [0.05, 0.1) is 6.61 Å². The number of amides is 2. The lowest BCUT2D eigenvalue weighted by molar-refractivity contribution is 0.0720. The van der Waals surface area contributed by atoms with E-state index in [1.165, 1.54) is 6.42 Å². The summed E-state index contributed by atoms with van der Waals surface area (Å²) in [5.74, 6) is 0.672. The molecule has 0 saturated carbocycles. The molecule has 0 spiro atoms. The van der Waals surface area contributed by atoms with E-state index in [0.717, 1.165) is 39.1 Å². The number of carbonyl (C=O) groups excluding carboxylic acids is 1. The summed E-state index contributed by atoms with van der Waals surface area (Å²) in [7, 11) is 0. The van der Waals surface area contributed by atoms with Crippen LogP contribution in [0.5, 0.6) is 0 Å². The zero-order valence-electron chi connectivity index (χ0n) is 15.9. The zero-order chi connectivity index (χ0) is 17.5. The second-order valence-corrected chi connectivity index (χ2v) is 7.98. The second kappa shape index (κ2) is 9.48. The molecule has 0 aromatic rings. The summed E-state index contributed by atoms with van der Waals surface area (Å²) in [6.07, 6.45) is 3.20. The Morgan fingerprint density at radius 2 is 2.04 bits per heavy atom. The molecule has 0 bridgehead atoms. The van der Waals surface area contributed by atoms with Crippen LogP contribution in [0.4, 0.5) is 4.79 Å². The van der Waals surface area contributed by atoms with Gasteiger partial charge in [-0.15, -0.1) is 0 Å². The summed E-state index contributed by atoms with van der Waals surface area (Å²) >= 11 is 0. The molecule has 1 saturated heterocycles. The fourth-order valence-corrected chi connectivity index (χ4v) is 2.94. The van der Waals surface area contributed by atoms with Crippen LogP contribution in [0, 0.1) is 5.92 Å². The minimum Gasteiger partial charge on any atom is -0.380 e. The number of nitrogens with zero attached hydrogens (tertiary/aromatic N) is 1. The lowest BCUT2D eigenvalue weighted by Crippen LogP contribution is -2.50. The lowest BCUT2D eigenvalue weighted by atomic mass is 10.1. The highest BCUT2D eigenvalue weighted by molar-refractivity contribution is 5.75. The summed E-state index contributed by atoms with van der Waals surface area (Å²) in [4.78, 5) is 14.6. The standard InChI is InChI=1S/C18H37N3O2/c1-7-9-23-13-16-10-15(12-21(16)11-14(3)8-2)19-17(22)20-18(4,5)6/h14-16H,7-13H2,1-6H3,(H2,19,20,22)/t14-,15+,16-/m0/s1. The van der Waals surface area contributed by atoms with Crippen molar-refractivity contribution in [3.63, 3.8) is 0 Å². The molecule has 2 amide bonds. The molecule has 1 rings (SSSR count). The molecule has 1 fully saturated rings. The van der Waals surface area contributed by atoms with Crippen LogP contribution in [-0.2, 0) is 4.74 Å². The Morgan fingerprint density at radius 3 is 2.61 bits per heavy atom. The summed E-state index contributed by atoms with van der Waals surface area (Å²) in [5, 5.41) is 6.11. The first-order valence-corrected chi connectivity index (χ1v) is 9.15. The molecule has 1 aliphatic rings. The van der Waals surface area contributed by atoms with Crippen LogP contribution >= 0.6 is 0 Å². The Kier molecular flexibility index (Phi) is 8.34. The van der Waals surface area contributed by atoms with E-state index < -0.39 is 0 Å². The van der Waals surface area contributed by atoms with E-state index in [9.17, 15) is 4.79 Å². The molecule has 3 atom stereocenters. The SMILES string of the molecule is CCCOC[C@@H]1C[C@@H](NC(=O)NC(C)(C)C)CN1C[C@@H](C)CC. The third kappa shape index (κ3) is 8.02. The molecule has 1 aliphatic heterocycles. The van der Waals surface area contributed by atoms with E-state index in [1.54, 1.807) is 0 Å². The summed E-state index contributed by atoms with van der Waals surface area (Å²) in [5.41, 5.74) is -0.206. The topological polar surface area (TPSA) is 53.6 Å². The number of ether oxygens (including phenoxy) is 1. The Bertz CT molecular complexity index is 355. The number of urea groups is 1.